The van der Waals surface area contributed by atoms with E-state index in [1.807, 2.05) is 0 Å². The molecule has 0 aliphatic heterocycles. The van der Waals surface area contributed by atoms with E-state index >= 15 is 0 Å². The van der Waals surface area contributed by atoms with Crippen molar-refractivity contribution in [3.63, 3.8) is 0 Å². The van der Waals surface area contributed by atoms with Gasteiger partial charge in [-0.05, 0) is 30.0 Å². The van der Waals surface area contributed by atoms with Crippen molar-refractivity contribution in [2.24, 2.45) is 5.92 Å². The van der Waals surface area contributed by atoms with Crippen molar-refractivity contribution in [3.05, 3.63) is 29.8 Å². The van der Waals surface area contributed by atoms with E-state index in [2.05, 4.69) is 18.6 Å². The standard InChI is InChI=1S/C13H19NO4S/c1-10(2)9-11-3-5-12(6-4-11)19(17,18)14-8-7-13(15)16/h3-6,10,14H,7-9H2,1-2H3,(H,15,16). The van der Waals surface area contributed by atoms with Crippen molar-refractivity contribution in [1.29, 1.82) is 0 Å². The summed E-state index contributed by atoms with van der Waals surface area (Å²) in [6.07, 6.45) is 0.664. The Morgan fingerprint density at radius 2 is 1.84 bits per heavy atom. The molecular weight excluding hydrogens is 266 g/mol. The summed E-state index contributed by atoms with van der Waals surface area (Å²) in [5, 5.41) is 8.47. The van der Waals surface area contributed by atoms with Crippen molar-refractivity contribution in [3.8, 4) is 0 Å². The molecule has 6 heteroatoms. The van der Waals surface area contributed by atoms with E-state index in [-0.39, 0.29) is 17.9 Å². The van der Waals surface area contributed by atoms with E-state index in [1.54, 1.807) is 24.3 Å². The van der Waals surface area contributed by atoms with Gasteiger partial charge in [-0.2, -0.15) is 0 Å². The average Bonchev–Trinajstić information content (AvgIpc) is 2.28. The second kappa shape index (κ2) is 6.68. The summed E-state index contributed by atoms with van der Waals surface area (Å²) in [6.45, 7) is 4.08. The number of carbonyl (C=O) groups is 1. The number of carboxylic acids is 1. The Balaban J connectivity index is 2.70. The molecule has 0 saturated heterocycles. The Hall–Kier alpha value is -1.40. The molecular formula is C13H19NO4S. The Labute approximate surface area is 113 Å². The molecule has 106 valence electrons. The van der Waals surface area contributed by atoms with Crippen LogP contribution in [-0.4, -0.2) is 26.0 Å². The van der Waals surface area contributed by atoms with Crippen molar-refractivity contribution < 1.29 is 18.3 Å². The van der Waals surface area contributed by atoms with Gasteiger partial charge in [-0.15, -0.1) is 0 Å². The predicted molar refractivity (Wildman–Crippen MR) is 72.4 cm³/mol. The fourth-order valence-corrected chi connectivity index (χ4v) is 2.68. The first-order valence-corrected chi connectivity index (χ1v) is 7.60. The minimum Gasteiger partial charge on any atom is -0.481 e. The fraction of sp³-hybridized carbons (Fsp3) is 0.462. The summed E-state index contributed by atoms with van der Waals surface area (Å²) in [6, 6.07) is 6.65. The van der Waals surface area contributed by atoms with Crippen LogP contribution in [0.4, 0.5) is 0 Å². The van der Waals surface area contributed by atoms with Crippen LogP contribution in [0.3, 0.4) is 0 Å². The van der Waals surface area contributed by atoms with Gasteiger partial charge >= 0.3 is 5.97 Å². The van der Waals surface area contributed by atoms with Crippen LogP contribution in [0.5, 0.6) is 0 Å². The largest absolute Gasteiger partial charge is 0.481 e. The number of sulfonamides is 1. The molecule has 0 atom stereocenters. The molecule has 0 radical (unpaired) electrons. The molecule has 0 unspecified atom stereocenters. The van der Waals surface area contributed by atoms with Crippen molar-refractivity contribution in [1.82, 2.24) is 4.72 Å². The first-order chi connectivity index (χ1) is 8.81. The molecule has 0 amide bonds. The van der Waals surface area contributed by atoms with E-state index in [0.29, 0.717) is 5.92 Å². The molecule has 0 fully saturated rings. The van der Waals surface area contributed by atoms with Gasteiger partial charge in [-0.25, -0.2) is 13.1 Å². The Morgan fingerprint density at radius 1 is 1.26 bits per heavy atom. The van der Waals surface area contributed by atoms with Crippen molar-refractivity contribution in [2.75, 3.05) is 6.54 Å². The normalized spacial score (nSPS) is 11.7. The maximum absolute atomic E-state index is 11.8. The topological polar surface area (TPSA) is 83.5 Å². The monoisotopic (exact) mass is 285 g/mol. The summed E-state index contributed by atoms with van der Waals surface area (Å²) in [7, 11) is -3.61. The van der Waals surface area contributed by atoms with Crippen LogP contribution in [0.1, 0.15) is 25.8 Å². The minimum atomic E-state index is -3.61. The zero-order valence-electron chi connectivity index (χ0n) is 11.1. The smallest absolute Gasteiger partial charge is 0.304 e. The molecule has 19 heavy (non-hydrogen) atoms. The van der Waals surface area contributed by atoms with Gasteiger partial charge in [0.2, 0.25) is 10.0 Å². The number of carboxylic acid groups (broad SMARTS) is 1. The van der Waals surface area contributed by atoms with Crippen LogP contribution in [0, 0.1) is 5.92 Å². The first-order valence-electron chi connectivity index (χ1n) is 6.11. The Kier molecular flexibility index (Phi) is 5.50. The van der Waals surface area contributed by atoms with Crippen molar-refractivity contribution >= 4 is 16.0 Å². The summed E-state index contributed by atoms with van der Waals surface area (Å²) < 4.78 is 25.9. The third kappa shape index (κ3) is 5.40. The SMILES string of the molecule is CC(C)Cc1ccc(S(=O)(=O)NCCC(=O)O)cc1. The molecule has 0 heterocycles. The van der Waals surface area contributed by atoms with Gasteiger partial charge in [0.25, 0.3) is 0 Å². The first kappa shape index (κ1) is 15.7. The molecule has 0 aliphatic carbocycles. The highest BCUT2D eigenvalue weighted by Gasteiger charge is 2.13. The quantitative estimate of drug-likeness (QED) is 0.797. The molecule has 2 N–H and O–H groups in total. The molecule has 0 spiro atoms. The van der Waals surface area contributed by atoms with Gasteiger partial charge in [0.05, 0.1) is 11.3 Å². The lowest BCUT2D eigenvalue weighted by molar-refractivity contribution is -0.136. The van der Waals surface area contributed by atoms with Gasteiger partial charge in [-0.3, -0.25) is 4.79 Å². The van der Waals surface area contributed by atoms with Gasteiger partial charge in [0.1, 0.15) is 0 Å². The lowest BCUT2D eigenvalue weighted by Gasteiger charge is -2.08. The van der Waals surface area contributed by atoms with Gasteiger partial charge < -0.3 is 5.11 Å². The summed E-state index contributed by atoms with van der Waals surface area (Å²) >= 11 is 0. The van der Waals surface area contributed by atoms with Crippen LogP contribution in [0.25, 0.3) is 0 Å². The highest BCUT2D eigenvalue weighted by atomic mass is 32.2. The lowest BCUT2D eigenvalue weighted by atomic mass is 10.0. The molecule has 0 aromatic heterocycles. The maximum Gasteiger partial charge on any atom is 0.304 e. The summed E-state index contributed by atoms with van der Waals surface area (Å²) in [5.74, 6) is -0.522. The predicted octanol–water partition coefficient (Wildman–Crippen LogP) is 1.64. The summed E-state index contributed by atoms with van der Waals surface area (Å²) in [5.41, 5.74) is 1.08. The Morgan fingerprint density at radius 3 is 2.32 bits per heavy atom. The molecule has 0 bridgehead atoms. The highest BCUT2D eigenvalue weighted by molar-refractivity contribution is 7.89. The Bertz CT molecular complexity index is 520. The van der Waals surface area contributed by atoms with Gasteiger partial charge in [0.15, 0.2) is 0 Å². The fourth-order valence-electron chi connectivity index (χ4n) is 1.65. The molecule has 1 rings (SSSR count). The van der Waals surface area contributed by atoms with E-state index in [0.717, 1.165) is 12.0 Å². The molecule has 0 aliphatic rings. The van der Waals surface area contributed by atoms with Crippen LogP contribution in [0.2, 0.25) is 0 Å². The van der Waals surface area contributed by atoms with E-state index in [9.17, 15) is 13.2 Å². The van der Waals surface area contributed by atoms with E-state index < -0.39 is 16.0 Å². The summed E-state index contributed by atoms with van der Waals surface area (Å²) in [4.78, 5) is 10.5. The van der Waals surface area contributed by atoms with Gasteiger partial charge in [0, 0.05) is 6.54 Å². The van der Waals surface area contributed by atoms with Crippen LogP contribution < -0.4 is 4.72 Å². The van der Waals surface area contributed by atoms with E-state index in [1.165, 1.54) is 0 Å². The zero-order chi connectivity index (χ0) is 14.5. The lowest BCUT2D eigenvalue weighted by Crippen LogP contribution is -2.26. The highest BCUT2D eigenvalue weighted by Crippen LogP contribution is 2.13. The number of rotatable bonds is 7. The molecule has 1 aromatic carbocycles. The number of aliphatic carboxylic acids is 1. The third-order valence-corrected chi connectivity index (χ3v) is 3.99. The van der Waals surface area contributed by atoms with Crippen LogP contribution in [0.15, 0.2) is 29.2 Å². The zero-order valence-corrected chi connectivity index (χ0v) is 11.9. The number of hydrogen-bond donors (Lipinski definition) is 2. The number of nitrogens with one attached hydrogen (secondary N) is 1. The number of benzene rings is 1. The number of hydrogen-bond acceptors (Lipinski definition) is 3. The minimum absolute atomic E-state index is 0.106. The molecule has 1 aromatic rings. The molecule has 0 saturated carbocycles. The van der Waals surface area contributed by atoms with E-state index in [4.69, 9.17) is 5.11 Å². The van der Waals surface area contributed by atoms with Crippen LogP contribution in [-0.2, 0) is 21.2 Å². The van der Waals surface area contributed by atoms with Crippen LogP contribution >= 0.6 is 0 Å². The van der Waals surface area contributed by atoms with Gasteiger partial charge in [-0.1, -0.05) is 26.0 Å². The van der Waals surface area contributed by atoms with Crippen molar-refractivity contribution in [2.45, 2.75) is 31.6 Å². The second-order valence-electron chi connectivity index (χ2n) is 4.78. The maximum atomic E-state index is 11.8. The second-order valence-corrected chi connectivity index (χ2v) is 6.55. The molecule has 5 nitrogen and oxygen atoms in total. The third-order valence-electron chi connectivity index (χ3n) is 2.51. The average molecular weight is 285 g/mol.